The van der Waals surface area contributed by atoms with Crippen molar-refractivity contribution < 1.29 is 33.3 Å². The highest BCUT2D eigenvalue weighted by Crippen LogP contribution is 1.90. The standard InChI is InChI=1S/C10H18O7/c1-3-4-14-9(11)16-7-8-17-10(12)15-6-5-13-2/h3-8H2,1-2H3. The van der Waals surface area contributed by atoms with Gasteiger partial charge in [-0.05, 0) is 6.42 Å². The number of hydrogen-bond acceptors (Lipinski definition) is 7. The third-order valence-corrected chi connectivity index (χ3v) is 1.45. The zero-order valence-electron chi connectivity index (χ0n) is 10.1. The molecule has 0 aromatic rings. The van der Waals surface area contributed by atoms with Crippen LogP contribution in [0.1, 0.15) is 13.3 Å². The maximum atomic E-state index is 10.9. The minimum Gasteiger partial charge on any atom is -0.434 e. The van der Waals surface area contributed by atoms with E-state index >= 15 is 0 Å². The first-order chi connectivity index (χ1) is 8.20. The van der Waals surface area contributed by atoms with E-state index in [1.165, 1.54) is 7.11 Å². The monoisotopic (exact) mass is 250 g/mol. The summed E-state index contributed by atoms with van der Waals surface area (Å²) in [6.07, 6.45) is -0.881. The summed E-state index contributed by atoms with van der Waals surface area (Å²) in [5, 5.41) is 0. The Kier molecular flexibility index (Phi) is 10.0. The number of methoxy groups -OCH3 is 1. The molecule has 0 atom stereocenters. The lowest BCUT2D eigenvalue weighted by molar-refractivity contribution is 0.0114. The maximum absolute atomic E-state index is 10.9. The Morgan fingerprint density at radius 3 is 1.59 bits per heavy atom. The Hall–Kier alpha value is -1.50. The molecular weight excluding hydrogens is 232 g/mol. The molecule has 0 amide bonds. The highest BCUT2D eigenvalue weighted by atomic mass is 16.7. The summed E-state index contributed by atoms with van der Waals surface area (Å²) in [5.74, 6) is 0. The molecule has 0 aromatic heterocycles. The average molecular weight is 250 g/mol. The van der Waals surface area contributed by atoms with Crippen molar-refractivity contribution in [3.8, 4) is 0 Å². The lowest BCUT2D eigenvalue weighted by Gasteiger charge is -2.06. The van der Waals surface area contributed by atoms with E-state index in [1.807, 2.05) is 6.92 Å². The lowest BCUT2D eigenvalue weighted by atomic mass is 10.5. The molecule has 0 fully saturated rings. The van der Waals surface area contributed by atoms with E-state index in [9.17, 15) is 9.59 Å². The van der Waals surface area contributed by atoms with Gasteiger partial charge < -0.3 is 23.7 Å². The van der Waals surface area contributed by atoms with Gasteiger partial charge >= 0.3 is 12.3 Å². The summed E-state index contributed by atoms with van der Waals surface area (Å²) in [7, 11) is 1.49. The quantitative estimate of drug-likeness (QED) is 0.475. The summed E-state index contributed by atoms with van der Waals surface area (Å²) >= 11 is 0. The van der Waals surface area contributed by atoms with Crippen LogP contribution in [0.15, 0.2) is 0 Å². The second kappa shape index (κ2) is 11.0. The molecule has 100 valence electrons. The zero-order chi connectivity index (χ0) is 12.9. The van der Waals surface area contributed by atoms with Gasteiger partial charge in [-0.25, -0.2) is 9.59 Å². The minimum absolute atomic E-state index is 0.0675. The van der Waals surface area contributed by atoms with E-state index in [4.69, 9.17) is 0 Å². The van der Waals surface area contributed by atoms with E-state index in [-0.39, 0.29) is 19.8 Å². The second-order valence-electron chi connectivity index (χ2n) is 2.89. The van der Waals surface area contributed by atoms with E-state index in [0.717, 1.165) is 6.42 Å². The van der Waals surface area contributed by atoms with Crippen LogP contribution in [-0.4, -0.2) is 52.5 Å². The van der Waals surface area contributed by atoms with Gasteiger partial charge in [0.1, 0.15) is 19.8 Å². The van der Waals surface area contributed by atoms with Gasteiger partial charge in [0.2, 0.25) is 0 Å². The molecule has 7 nitrogen and oxygen atoms in total. The summed E-state index contributed by atoms with van der Waals surface area (Å²) in [5.41, 5.74) is 0. The lowest BCUT2D eigenvalue weighted by Crippen LogP contribution is -2.16. The van der Waals surface area contributed by atoms with Crippen molar-refractivity contribution in [3.63, 3.8) is 0 Å². The van der Waals surface area contributed by atoms with Crippen LogP contribution >= 0.6 is 0 Å². The average Bonchev–Trinajstić information content (AvgIpc) is 2.32. The highest BCUT2D eigenvalue weighted by molar-refractivity contribution is 5.60. The third kappa shape index (κ3) is 10.8. The summed E-state index contributed by atoms with van der Waals surface area (Å²) in [6, 6.07) is 0. The number of ether oxygens (including phenoxy) is 5. The van der Waals surface area contributed by atoms with Gasteiger partial charge in [-0.15, -0.1) is 0 Å². The molecule has 17 heavy (non-hydrogen) atoms. The predicted octanol–water partition coefficient (Wildman–Crippen LogP) is 1.35. The number of carbonyl (C=O) groups excluding carboxylic acids is 2. The molecule has 0 N–H and O–H groups in total. The van der Waals surface area contributed by atoms with Crippen LogP contribution in [0.3, 0.4) is 0 Å². The van der Waals surface area contributed by atoms with Crippen molar-refractivity contribution in [2.45, 2.75) is 13.3 Å². The molecule has 0 aliphatic heterocycles. The van der Waals surface area contributed by atoms with Crippen LogP contribution in [0.2, 0.25) is 0 Å². The first-order valence-corrected chi connectivity index (χ1v) is 5.28. The minimum atomic E-state index is -0.826. The normalized spacial score (nSPS) is 9.53. The topological polar surface area (TPSA) is 80.3 Å². The molecule has 0 aliphatic carbocycles. The fraction of sp³-hybridized carbons (Fsp3) is 0.800. The van der Waals surface area contributed by atoms with Crippen LogP contribution in [0, 0.1) is 0 Å². The smallest absolute Gasteiger partial charge is 0.434 e. The highest BCUT2D eigenvalue weighted by Gasteiger charge is 2.05. The Bertz CT molecular complexity index is 217. The molecule has 0 unspecified atom stereocenters. The van der Waals surface area contributed by atoms with E-state index in [2.05, 4.69) is 23.7 Å². The summed E-state index contributed by atoms with van der Waals surface area (Å²) in [6.45, 7) is 2.45. The molecule has 0 aliphatic rings. The van der Waals surface area contributed by atoms with Crippen molar-refractivity contribution in [2.75, 3.05) is 40.1 Å². The van der Waals surface area contributed by atoms with Crippen LogP contribution in [0.25, 0.3) is 0 Å². The van der Waals surface area contributed by atoms with Gasteiger partial charge in [-0.1, -0.05) is 6.92 Å². The molecule has 0 aromatic carbocycles. The molecule has 0 bridgehead atoms. The van der Waals surface area contributed by atoms with Gasteiger partial charge in [-0.2, -0.15) is 0 Å². The van der Waals surface area contributed by atoms with Crippen LogP contribution in [-0.2, 0) is 23.7 Å². The second-order valence-corrected chi connectivity index (χ2v) is 2.89. The Balaban J connectivity index is 3.32. The number of carbonyl (C=O) groups is 2. The predicted molar refractivity (Wildman–Crippen MR) is 56.8 cm³/mol. The largest absolute Gasteiger partial charge is 0.508 e. The molecule has 0 saturated carbocycles. The molecular formula is C10H18O7. The van der Waals surface area contributed by atoms with E-state index in [1.54, 1.807) is 0 Å². The fourth-order valence-electron chi connectivity index (χ4n) is 0.727. The Labute approximate surface area is 99.9 Å². The van der Waals surface area contributed by atoms with Gasteiger partial charge in [0.25, 0.3) is 0 Å². The van der Waals surface area contributed by atoms with Gasteiger partial charge in [0, 0.05) is 7.11 Å². The van der Waals surface area contributed by atoms with Crippen LogP contribution in [0.4, 0.5) is 9.59 Å². The van der Waals surface area contributed by atoms with Crippen LogP contribution < -0.4 is 0 Å². The zero-order valence-corrected chi connectivity index (χ0v) is 10.1. The number of hydrogen-bond donors (Lipinski definition) is 0. The molecule has 7 heteroatoms. The van der Waals surface area contributed by atoms with Crippen molar-refractivity contribution >= 4 is 12.3 Å². The molecule has 0 rings (SSSR count). The SMILES string of the molecule is CCCOC(=O)OCCOC(=O)OCCOC. The third-order valence-electron chi connectivity index (χ3n) is 1.45. The molecule has 0 heterocycles. The van der Waals surface area contributed by atoms with E-state index < -0.39 is 12.3 Å². The van der Waals surface area contributed by atoms with Gasteiger partial charge in [-0.3, -0.25) is 0 Å². The van der Waals surface area contributed by atoms with Crippen molar-refractivity contribution in [1.82, 2.24) is 0 Å². The Morgan fingerprint density at radius 1 is 0.765 bits per heavy atom. The number of rotatable bonds is 8. The fourth-order valence-corrected chi connectivity index (χ4v) is 0.727. The van der Waals surface area contributed by atoms with Crippen molar-refractivity contribution in [2.24, 2.45) is 0 Å². The first kappa shape index (κ1) is 15.5. The molecule has 0 radical (unpaired) electrons. The molecule has 0 saturated heterocycles. The van der Waals surface area contributed by atoms with Crippen LogP contribution in [0.5, 0.6) is 0 Å². The van der Waals surface area contributed by atoms with Crippen molar-refractivity contribution in [3.05, 3.63) is 0 Å². The first-order valence-electron chi connectivity index (χ1n) is 5.28. The van der Waals surface area contributed by atoms with Gasteiger partial charge in [0.05, 0.1) is 13.2 Å². The summed E-state index contributed by atoms with van der Waals surface area (Å²) < 4.78 is 23.1. The van der Waals surface area contributed by atoms with Crippen molar-refractivity contribution in [1.29, 1.82) is 0 Å². The van der Waals surface area contributed by atoms with E-state index in [0.29, 0.717) is 13.2 Å². The summed E-state index contributed by atoms with van der Waals surface area (Å²) in [4.78, 5) is 21.7. The molecule has 0 spiro atoms. The van der Waals surface area contributed by atoms with Gasteiger partial charge in [0.15, 0.2) is 0 Å². The Morgan fingerprint density at radius 2 is 1.18 bits per heavy atom. The maximum Gasteiger partial charge on any atom is 0.508 e.